The fraction of sp³-hybridized carbons (Fsp3) is 0.364. The van der Waals surface area contributed by atoms with Crippen molar-refractivity contribution in [2.24, 2.45) is 0 Å². The molecule has 0 amide bonds. The van der Waals surface area contributed by atoms with E-state index in [2.05, 4.69) is 10.2 Å². The minimum atomic E-state index is -1.12. The number of carboxylic acids is 1. The smallest absolute Gasteiger partial charge is 0.0715 e. The zero-order chi connectivity index (χ0) is 10.7. The summed E-state index contributed by atoms with van der Waals surface area (Å²) in [4.78, 5) is 12.8. The molecule has 15 heavy (non-hydrogen) atoms. The summed E-state index contributed by atoms with van der Waals surface area (Å²) in [5.74, 6) is -1.12. The molecule has 1 aliphatic heterocycles. The van der Waals surface area contributed by atoms with Crippen LogP contribution in [-0.2, 0) is 0 Å². The number of rotatable bonds is 2. The number of nitrogens with one attached hydrogen (secondary N) is 1. The van der Waals surface area contributed by atoms with Crippen LogP contribution in [0.15, 0.2) is 24.3 Å². The number of carbonyl (C=O) groups excluding carboxylic acids is 1. The van der Waals surface area contributed by atoms with Crippen LogP contribution in [0.5, 0.6) is 0 Å². The molecule has 0 atom stereocenters. The van der Waals surface area contributed by atoms with Crippen LogP contribution in [0.4, 0.5) is 5.69 Å². The van der Waals surface area contributed by atoms with Crippen molar-refractivity contribution < 1.29 is 9.90 Å². The van der Waals surface area contributed by atoms with Gasteiger partial charge in [-0.15, -0.1) is 0 Å². The second kappa shape index (κ2) is 4.31. The Morgan fingerprint density at radius 1 is 1.20 bits per heavy atom. The van der Waals surface area contributed by atoms with Gasteiger partial charge in [-0.25, -0.2) is 0 Å². The number of hydrogen-bond acceptors (Lipinski definition) is 4. The summed E-state index contributed by atoms with van der Waals surface area (Å²) < 4.78 is 0. The number of anilines is 1. The molecule has 0 aromatic heterocycles. The van der Waals surface area contributed by atoms with E-state index in [1.54, 1.807) is 12.1 Å². The van der Waals surface area contributed by atoms with Crippen molar-refractivity contribution in [1.82, 2.24) is 5.32 Å². The van der Waals surface area contributed by atoms with Gasteiger partial charge in [0.05, 0.1) is 5.97 Å². The molecule has 4 heteroatoms. The predicted molar refractivity (Wildman–Crippen MR) is 55.9 cm³/mol. The third kappa shape index (κ3) is 2.27. The number of aromatic carboxylic acids is 1. The molecule has 1 aromatic rings. The van der Waals surface area contributed by atoms with E-state index in [0.717, 1.165) is 31.9 Å². The van der Waals surface area contributed by atoms with Crippen molar-refractivity contribution in [3.8, 4) is 0 Å². The second-order valence-corrected chi connectivity index (χ2v) is 3.57. The minimum absolute atomic E-state index is 0.230. The highest BCUT2D eigenvalue weighted by Gasteiger charge is 2.09. The van der Waals surface area contributed by atoms with Crippen LogP contribution in [-0.4, -0.2) is 32.1 Å². The molecule has 0 unspecified atom stereocenters. The zero-order valence-electron chi connectivity index (χ0n) is 8.40. The molecule has 1 fully saturated rings. The first-order valence-corrected chi connectivity index (χ1v) is 5.04. The fourth-order valence-corrected chi connectivity index (χ4v) is 1.73. The normalized spacial score (nSPS) is 16.4. The Labute approximate surface area is 88.5 Å². The Kier molecular flexibility index (Phi) is 2.87. The van der Waals surface area contributed by atoms with Gasteiger partial charge < -0.3 is 20.1 Å². The molecule has 1 saturated heterocycles. The van der Waals surface area contributed by atoms with Gasteiger partial charge in [0.1, 0.15) is 0 Å². The summed E-state index contributed by atoms with van der Waals surface area (Å²) in [5.41, 5.74) is 1.30. The van der Waals surface area contributed by atoms with Crippen molar-refractivity contribution in [2.45, 2.75) is 0 Å². The van der Waals surface area contributed by atoms with Crippen LogP contribution in [0.1, 0.15) is 10.4 Å². The van der Waals surface area contributed by atoms with E-state index in [0.29, 0.717) is 0 Å². The van der Waals surface area contributed by atoms with Crippen LogP contribution >= 0.6 is 0 Å². The van der Waals surface area contributed by atoms with Gasteiger partial charge in [0.25, 0.3) is 0 Å². The summed E-state index contributed by atoms with van der Waals surface area (Å²) >= 11 is 0. The molecule has 0 spiro atoms. The first-order chi connectivity index (χ1) is 7.27. The maximum atomic E-state index is 10.6. The Balaban J connectivity index is 2.11. The van der Waals surface area contributed by atoms with Crippen LogP contribution in [0.3, 0.4) is 0 Å². The standard InChI is InChI=1S/C11H14N2O2/c14-11(15)9-1-3-10(4-2-9)13-7-5-12-6-8-13/h1-4,12H,5-8H2,(H,14,15)/p-1. The number of carbonyl (C=O) groups is 1. The molecule has 1 aromatic carbocycles. The molecular formula is C11H13N2O2-. The van der Waals surface area contributed by atoms with E-state index in [4.69, 9.17) is 0 Å². The van der Waals surface area contributed by atoms with Crippen molar-refractivity contribution in [3.63, 3.8) is 0 Å². The second-order valence-electron chi connectivity index (χ2n) is 3.57. The van der Waals surface area contributed by atoms with Crippen molar-refractivity contribution in [2.75, 3.05) is 31.1 Å². The summed E-state index contributed by atoms with van der Waals surface area (Å²) in [7, 11) is 0. The highest BCUT2D eigenvalue weighted by molar-refractivity contribution is 5.86. The topological polar surface area (TPSA) is 55.4 Å². The molecule has 1 aliphatic rings. The fourth-order valence-electron chi connectivity index (χ4n) is 1.73. The molecule has 80 valence electrons. The number of nitrogens with zero attached hydrogens (tertiary/aromatic N) is 1. The zero-order valence-corrected chi connectivity index (χ0v) is 8.40. The maximum Gasteiger partial charge on any atom is 0.0715 e. The van der Waals surface area contributed by atoms with Crippen LogP contribution in [0, 0.1) is 0 Å². The Bertz CT molecular complexity index is 342. The highest BCUT2D eigenvalue weighted by Crippen LogP contribution is 2.15. The average Bonchev–Trinajstić information content (AvgIpc) is 2.30. The predicted octanol–water partition coefficient (Wildman–Crippen LogP) is -0.540. The van der Waals surface area contributed by atoms with E-state index >= 15 is 0 Å². The molecular weight excluding hydrogens is 192 g/mol. The lowest BCUT2D eigenvalue weighted by Crippen LogP contribution is -2.43. The van der Waals surface area contributed by atoms with E-state index < -0.39 is 5.97 Å². The average molecular weight is 205 g/mol. The van der Waals surface area contributed by atoms with Gasteiger partial charge in [0, 0.05) is 31.9 Å². The molecule has 0 saturated carbocycles. The number of piperazine rings is 1. The van der Waals surface area contributed by atoms with E-state index in [1.165, 1.54) is 0 Å². The minimum Gasteiger partial charge on any atom is -0.545 e. The van der Waals surface area contributed by atoms with Crippen molar-refractivity contribution >= 4 is 11.7 Å². The summed E-state index contributed by atoms with van der Waals surface area (Å²) in [6.45, 7) is 3.87. The Morgan fingerprint density at radius 3 is 2.33 bits per heavy atom. The largest absolute Gasteiger partial charge is 0.545 e. The molecule has 1 N–H and O–H groups in total. The SMILES string of the molecule is O=C([O-])c1ccc(N2CCNCC2)cc1. The number of hydrogen-bond donors (Lipinski definition) is 1. The molecule has 2 rings (SSSR count). The van der Waals surface area contributed by atoms with Gasteiger partial charge in [0.15, 0.2) is 0 Å². The molecule has 4 nitrogen and oxygen atoms in total. The van der Waals surface area contributed by atoms with Gasteiger partial charge in [0.2, 0.25) is 0 Å². The summed E-state index contributed by atoms with van der Waals surface area (Å²) in [6.07, 6.45) is 0. The summed E-state index contributed by atoms with van der Waals surface area (Å²) in [5, 5.41) is 13.8. The van der Waals surface area contributed by atoms with Crippen LogP contribution in [0.25, 0.3) is 0 Å². The quantitative estimate of drug-likeness (QED) is 0.704. The van der Waals surface area contributed by atoms with Crippen LogP contribution in [0.2, 0.25) is 0 Å². The Hall–Kier alpha value is -1.55. The van der Waals surface area contributed by atoms with Gasteiger partial charge >= 0.3 is 0 Å². The number of benzene rings is 1. The first-order valence-electron chi connectivity index (χ1n) is 5.04. The lowest BCUT2D eigenvalue weighted by Gasteiger charge is -2.29. The lowest BCUT2D eigenvalue weighted by atomic mass is 10.2. The van der Waals surface area contributed by atoms with E-state index in [9.17, 15) is 9.90 Å². The molecule has 1 heterocycles. The third-order valence-electron chi connectivity index (χ3n) is 2.59. The lowest BCUT2D eigenvalue weighted by molar-refractivity contribution is -0.255. The van der Waals surface area contributed by atoms with Gasteiger partial charge in [-0.05, 0) is 17.7 Å². The molecule has 0 aliphatic carbocycles. The van der Waals surface area contributed by atoms with Gasteiger partial charge in [-0.1, -0.05) is 12.1 Å². The van der Waals surface area contributed by atoms with E-state index in [-0.39, 0.29) is 5.56 Å². The third-order valence-corrected chi connectivity index (χ3v) is 2.59. The number of carboxylic acid groups (broad SMARTS) is 1. The van der Waals surface area contributed by atoms with Crippen molar-refractivity contribution in [3.05, 3.63) is 29.8 Å². The molecule has 0 radical (unpaired) electrons. The van der Waals surface area contributed by atoms with Crippen LogP contribution < -0.4 is 15.3 Å². The van der Waals surface area contributed by atoms with Crippen molar-refractivity contribution in [1.29, 1.82) is 0 Å². The van der Waals surface area contributed by atoms with E-state index in [1.807, 2.05) is 12.1 Å². The molecule has 0 bridgehead atoms. The summed E-state index contributed by atoms with van der Waals surface area (Å²) in [6, 6.07) is 6.84. The first kappa shape index (κ1) is 9.98. The maximum absolute atomic E-state index is 10.6. The monoisotopic (exact) mass is 205 g/mol. The Morgan fingerprint density at radius 2 is 1.80 bits per heavy atom. The van der Waals surface area contributed by atoms with Gasteiger partial charge in [-0.3, -0.25) is 0 Å². The van der Waals surface area contributed by atoms with Gasteiger partial charge in [-0.2, -0.15) is 0 Å². The highest BCUT2D eigenvalue weighted by atomic mass is 16.4.